The molecule has 4 heterocycles. The zero-order valence-corrected chi connectivity index (χ0v) is 18.9. The van der Waals surface area contributed by atoms with Crippen LogP contribution < -0.4 is 16.0 Å². The fraction of sp³-hybridized carbons (Fsp3) is 0.381. The van der Waals surface area contributed by atoms with Crippen LogP contribution in [-0.2, 0) is 14.1 Å². The van der Waals surface area contributed by atoms with Gasteiger partial charge in [0.15, 0.2) is 11.5 Å². The number of nitrogens with two attached hydrogens (primary N) is 1. The Bertz CT molecular complexity index is 1390. The normalized spacial score (nSPS) is 16.7. The fourth-order valence-electron chi connectivity index (χ4n) is 4.51. The van der Waals surface area contributed by atoms with Gasteiger partial charge < -0.3 is 15.5 Å². The molecule has 1 aromatic carbocycles. The summed E-state index contributed by atoms with van der Waals surface area (Å²) in [5, 5.41) is 13.1. The molecule has 5 rings (SSSR count). The van der Waals surface area contributed by atoms with E-state index in [1.807, 2.05) is 20.9 Å². The SMILES string of the molecule is Cc1nn(C)c2nc(N)nc(N3CCN(C(=O)Nc4nn(C)c5ccc(F)cc45)C[C@@H]3C)c12. The Morgan fingerprint density at radius 3 is 2.73 bits per heavy atom. The molecule has 0 aliphatic carbocycles. The molecule has 172 valence electrons. The minimum absolute atomic E-state index is 0.0282. The van der Waals surface area contributed by atoms with Gasteiger partial charge in [0.2, 0.25) is 5.95 Å². The second-order valence-electron chi connectivity index (χ2n) is 8.37. The summed E-state index contributed by atoms with van der Waals surface area (Å²) in [5.74, 6) is 0.863. The van der Waals surface area contributed by atoms with Gasteiger partial charge in [-0.15, -0.1) is 0 Å². The van der Waals surface area contributed by atoms with E-state index in [1.54, 1.807) is 27.4 Å². The number of carbonyl (C=O) groups excluding carboxylic acids is 1. The average Bonchev–Trinajstić information content (AvgIpc) is 3.22. The third kappa shape index (κ3) is 3.47. The van der Waals surface area contributed by atoms with Crippen molar-refractivity contribution in [2.45, 2.75) is 19.9 Å². The molecule has 33 heavy (non-hydrogen) atoms. The predicted octanol–water partition coefficient (Wildman–Crippen LogP) is 2.02. The molecular weight excluding hydrogens is 427 g/mol. The number of halogens is 1. The van der Waals surface area contributed by atoms with Gasteiger partial charge in [0, 0.05) is 45.2 Å². The summed E-state index contributed by atoms with van der Waals surface area (Å²) in [6, 6.07) is 4.08. The van der Waals surface area contributed by atoms with Crippen molar-refractivity contribution in [1.29, 1.82) is 0 Å². The van der Waals surface area contributed by atoms with Gasteiger partial charge >= 0.3 is 6.03 Å². The molecule has 2 amide bonds. The van der Waals surface area contributed by atoms with E-state index in [0.29, 0.717) is 36.5 Å². The molecule has 1 aliphatic heterocycles. The van der Waals surface area contributed by atoms with E-state index in [2.05, 4.69) is 30.4 Å². The predicted molar refractivity (Wildman–Crippen MR) is 124 cm³/mol. The van der Waals surface area contributed by atoms with Crippen LogP contribution >= 0.6 is 0 Å². The number of anilines is 3. The second kappa shape index (κ2) is 7.57. The molecule has 3 aromatic heterocycles. The minimum atomic E-state index is -0.380. The van der Waals surface area contributed by atoms with Crippen molar-refractivity contribution in [3.05, 3.63) is 29.7 Å². The Kier molecular flexibility index (Phi) is 4.80. The summed E-state index contributed by atoms with van der Waals surface area (Å²) in [5.41, 5.74) is 8.21. The van der Waals surface area contributed by atoms with E-state index >= 15 is 0 Å². The smallest absolute Gasteiger partial charge is 0.323 e. The monoisotopic (exact) mass is 452 g/mol. The highest BCUT2D eigenvalue weighted by Gasteiger charge is 2.30. The lowest BCUT2D eigenvalue weighted by Crippen LogP contribution is -2.55. The van der Waals surface area contributed by atoms with Crippen LogP contribution in [0.5, 0.6) is 0 Å². The van der Waals surface area contributed by atoms with Crippen molar-refractivity contribution in [3.63, 3.8) is 0 Å². The molecule has 1 fully saturated rings. The maximum absolute atomic E-state index is 13.8. The maximum atomic E-state index is 13.8. The van der Waals surface area contributed by atoms with Gasteiger partial charge in [-0.05, 0) is 32.0 Å². The molecule has 0 saturated carbocycles. The van der Waals surface area contributed by atoms with Gasteiger partial charge in [-0.2, -0.15) is 20.2 Å². The lowest BCUT2D eigenvalue weighted by Gasteiger charge is -2.40. The van der Waals surface area contributed by atoms with Crippen LogP contribution in [0.15, 0.2) is 18.2 Å². The number of fused-ring (bicyclic) bond motifs is 2. The molecule has 11 nitrogen and oxygen atoms in total. The highest BCUT2D eigenvalue weighted by Crippen LogP contribution is 2.30. The van der Waals surface area contributed by atoms with Crippen molar-refractivity contribution in [1.82, 2.24) is 34.4 Å². The number of carbonyl (C=O) groups is 1. The van der Waals surface area contributed by atoms with Crippen molar-refractivity contribution >= 4 is 45.6 Å². The van der Waals surface area contributed by atoms with Gasteiger partial charge in [-0.1, -0.05) is 0 Å². The lowest BCUT2D eigenvalue weighted by molar-refractivity contribution is 0.200. The van der Waals surface area contributed by atoms with Gasteiger partial charge in [0.25, 0.3) is 0 Å². The number of nitrogens with one attached hydrogen (secondary N) is 1. The van der Waals surface area contributed by atoms with Crippen molar-refractivity contribution in [2.75, 3.05) is 35.6 Å². The summed E-state index contributed by atoms with van der Waals surface area (Å²) in [4.78, 5) is 25.7. The minimum Gasteiger partial charge on any atom is -0.368 e. The van der Waals surface area contributed by atoms with Crippen LogP contribution in [0.4, 0.5) is 26.8 Å². The molecule has 1 aliphatic rings. The van der Waals surface area contributed by atoms with Crippen LogP contribution in [-0.4, -0.2) is 66.1 Å². The molecule has 0 spiro atoms. The number of nitrogens with zero attached hydrogens (tertiary/aromatic N) is 8. The molecule has 12 heteroatoms. The van der Waals surface area contributed by atoms with Crippen molar-refractivity contribution < 1.29 is 9.18 Å². The molecule has 1 saturated heterocycles. The average molecular weight is 452 g/mol. The fourth-order valence-corrected chi connectivity index (χ4v) is 4.51. The molecular formula is C21H25FN10O. The first-order chi connectivity index (χ1) is 15.7. The first kappa shape index (κ1) is 20.9. The standard InChI is InChI=1S/C21H25FN10O/c1-11-10-31(21(33)24-17-14-9-13(22)5-6-15(14)29(3)28-17)7-8-32(11)19-16-12(2)27-30(4)18(16)25-20(23)26-19/h5-6,9,11H,7-8,10H2,1-4H3,(H2,23,25,26)(H,24,28,33)/t11-/m0/s1. The summed E-state index contributed by atoms with van der Waals surface area (Å²) >= 11 is 0. The number of hydrogen-bond donors (Lipinski definition) is 2. The number of nitrogen functional groups attached to an aromatic ring is 1. The Balaban J connectivity index is 1.37. The third-order valence-electron chi connectivity index (χ3n) is 6.08. The van der Waals surface area contributed by atoms with Crippen molar-refractivity contribution in [3.8, 4) is 0 Å². The van der Waals surface area contributed by atoms with E-state index in [4.69, 9.17) is 5.73 Å². The zero-order valence-electron chi connectivity index (χ0n) is 18.9. The zero-order chi connectivity index (χ0) is 23.4. The number of aromatic nitrogens is 6. The first-order valence-electron chi connectivity index (χ1n) is 10.6. The number of rotatable bonds is 2. The van der Waals surface area contributed by atoms with Crippen LogP contribution in [0.3, 0.4) is 0 Å². The molecule has 0 unspecified atom stereocenters. The largest absolute Gasteiger partial charge is 0.368 e. The van der Waals surface area contributed by atoms with Crippen LogP contribution in [0.2, 0.25) is 0 Å². The third-order valence-corrected chi connectivity index (χ3v) is 6.08. The Morgan fingerprint density at radius 2 is 1.97 bits per heavy atom. The summed E-state index contributed by atoms with van der Waals surface area (Å²) in [6.07, 6.45) is 0. The van der Waals surface area contributed by atoms with Crippen LogP contribution in [0.25, 0.3) is 21.9 Å². The topological polar surface area (TPSA) is 123 Å². The van der Waals surface area contributed by atoms with Gasteiger partial charge in [0.1, 0.15) is 11.6 Å². The quantitative estimate of drug-likeness (QED) is 0.477. The van der Waals surface area contributed by atoms with E-state index in [0.717, 1.165) is 22.4 Å². The summed E-state index contributed by atoms with van der Waals surface area (Å²) in [7, 11) is 3.58. The van der Waals surface area contributed by atoms with Crippen molar-refractivity contribution in [2.24, 2.45) is 14.1 Å². The number of hydrogen-bond acceptors (Lipinski definition) is 7. The number of piperazine rings is 1. The number of urea groups is 1. The molecule has 0 radical (unpaired) electrons. The molecule has 0 bridgehead atoms. The number of amides is 2. The van der Waals surface area contributed by atoms with E-state index in [9.17, 15) is 9.18 Å². The second-order valence-corrected chi connectivity index (χ2v) is 8.37. The van der Waals surface area contributed by atoms with Gasteiger partial charge in [0.05, 0.1) is 16.6 Å². The highest BCUT2D eigenvalue weighted by atomic mass is 19.1. The van der Waals surface area contributed by atoms with E-state index < -0.39 is 0 Å². The van der Waals surface area contributed by atoms with E-state index in [1.165, 1.54) is 12.1 Å². The van der Waals surface area contributed by atoms with Crippen LogP contribution in [0.1, 0.15) is 12.6 Å². The van der Waals surface area contributed by atoms with Gasteiger partial charge in [-0.3, -0.25) is 10.00 Å². The first-order valence-corrected chi connectivity index (χ1v) is 10.6. The maximum Gasteiger partial charge on any atom is 0.323 e. The summed E-state index contributed by atoms with van der Waals surface area (Å²) < 4.78 is 17.1. The number of benzene rings is 1. The summed E-state index contributed by atoms with van der Waals surface area (Å²) in [6.45, 7) is 5.45. The molecule has 4 aromatic rings. The highest BCUT2D eigenvalue weighted by molar-refractivity contribution is 5.99. The van der Waals surface area contributed by atoms with Gasteiger partial charge in [-0.25, -0.2) is 13.9 Å². The van der Waals surface area contributed by atoms with E-state index in [-0.39, 0.29) is 23.8 Å². The Hall–Kier alpha value is -3.96. The number of aryl methyl sites for hydroxylation is 3. The molecule has 3 N–H and O–H groups in total. The van der Waals surface area contributed by atoms with Crippen LogP contribution in [0, 0.1) is 12.7 Å². The Morgan fingerprint density at radius 1 is 1.18 bits per heavy atom. The molecule has 1 atom stereocenters. The Labute approximate surface area is 189 Å². The lowest BCUT2D eigenvalue weighted by atomic mass is 10.1.